The Balaban J connectivity index is 2.79. The molecule has 0 aliphatic rings. The average Bonchev–Trinajstić information content (AvgIpc) is 2.26. The first-order valence-corrected chi connectivity index (χ1v) is 9.60. The van der Waals surface area contributed by atoms with Gasteiger partial charge in [0.1, 0.15) is 13.8 Å². The van der Waals surface area contributed by atoms with Crippen LogP contribution in [-0.2, 0) is 11.2 Å². The molecule has 3 nitrogen and oxygen atoms in total. The first-order chi connectivity index (χ1) is 8.38. The molecule has 1 rings (SSSR count). The summed E-state index contributed by atoms with van der Waals surface area (Å²) in [6, 6.07) is 3.92. The Morgan fingerprint density at radius 3 is 2.78 bits per heavy atom. The Bertz CT molecular complexity index is 481. The molecule has 0 spiro atoms. The number of nitrogens with one attached hydrogen (secondary N) is 1. The van der Waals surface area contributed by atoms with Crippen LogP contribution in [-0.4, -0.2) is 25.5 Å². The van der Waals surface area contributed by atoms with Crippen molar-refractivity contribution in [1.82, 2.24) is 10.3 Å². The predicted octanol–water partition coefficient (Wildman–Crippen LogP) is 1.99. The fourth-order valence-corrected chi connectivity index (χ4v) is 1.87. The zero-order chi connectivity index (χ0) is 13.6. The number of hydrogen-bond acceptors (Lipinski definition) is 2. The van der Waals surface area contributed by atoms with E-state index in [1.165, 1.54) is 6.92 Å². The molecule has 0 saturated heterocycles. The van der Waals surface area contributed by atoms with Gasteiger partial charge in [-0.25, -0.2) is 4.98 Å². The Morgan fingerprint density at radius 1 is 1.44 bits per heavy atom. The summed E-state index contributed by atoms with van der Waals surface area (Å²) in [5.41, 5.74) is 5.25. The molecule has 96 valence electrons. The van der Waals surface area contributed by atoms with Gasteiger partial charge in [0.05, 0.1) is 0 Å². The van der Waals surface area contributed by atoms with E-state index in [0.717, 1.165) is 17.7 Å². The molecule has 1 aromatic heterocycles. The number of hydrogen-bond donors (Lipinski definition) is 1. The minimum absolute atomic E-state index is 0.00590. The van der Waals surface area contributed by atoms with Crippen LogP contribution in [0, 0.1) is 11.5 Å². The fourth-order valence-electron chi connectivity index (χ4n) is 1.37. The van der Waals surface area contributed by atoms with E-state index >= 15 is 0 Å². The summed E-state index contributed by atoms with van der Waals surface area (Å²) in [5.74, 6) is 3.17. The quantitative estimate of drug-likeness (QED) is 0.667. The number of rotatable bonds is 3. The Hall–Kier alpha value is -1.60. The van der Waals surface area contributed by atoms with Crippen molar-refractivity contribution in [2.75, 3.05) is 6.54 Å². The van der Waals surface area contributed by atoms with Gasteiger partial charge in [0, 0.05) is 19.7 Å². The monoisotopic (exact) mass is 260 g/mol. The zero-order valence-corrected chi connectivity index (χ0v) is 12.5. The largest absolute Gasteiger partial charge is 0.356 e. The van der Waals surface area contributed by atoms with Gasteiger partial charge in [0.25, 0.3) is 0 Å². The highest BCUT2D eigenvalue weighted by Gasteiger charge is 2.08. The molecule has 1 amide bonds. The summed E-state index contributed by atoms with van der Waals surface area (Å²) in [4.78, 5) is 15.1. The van der Waals surface area contributed by atoms with Gasteiger partial charge >= 0.3 is 0 Å². The van der Waals surface area contributed by atoms with Gasteiger partial charge in [0.2, 0.25) is 5.91 Å². The third-order valence-electron chi connectivity index (χ3n) is 2.22. The molecule has 1 aromatic rings. The lowest BCUT2D eigenvalue weighted by Crippen LogP contribution is -2.22. The predicted molar refractivity (Wildman–Crippen MR) is 76.8 cm³/mol. The van der Waals surface area contributed by atoms with E-state index in [9.17, 15) is 4.79 Å². The van der Waals surface area contributed by atoms with Gasteiger partial charge in [-0.3, -0.25) is 4.79 Å². The highest BCUT2D eigenvalue weighted by molar-refractivity contribution is 6.83. The molecule has 1 N–H and O–H groups in total. The van der Waals surface area contributed by atoms with Gasteiger partial charge in [-0.05, 0) is 18.1 Å². The van der Waals surface area contributed by atoms with Crippen LogP contribution in [0.5, 0.6) is 0 Å². The van der Waals surface area contributed by atoms with Crippen molar-refractivity contribution in [2.24, 2.45) is 0 Å². The molecule has 1 heterocycles. The molecule has 0 aliphatic carbocycles. The third kappa shape index (κ3) is 5.64. The molecule has 0 fully saturated rings. The maximum Gasteiger partial charge on any atom is 0.216 e. The van der Waals surface area contributed by atoms with Crippen molar-refractivity contribution in [3.63, 3.8) is 0 Å². The molecular formula is C14H20N2OSi. The Morgan fingerprint density at radius 2 is 2.17 bits per heavy atom. The van der Waals surface area contributed by atoms with Crippen LogP contribution in [0.3, 0.4) is 0 Å². The van der Waals surface area contributed by atoms with Crippen molar-refractivity contribution in [3.05, 3.63) is 29.6 Å². The van der Waals surface area contributed by atoms with Crippen LogP contribution in [0.4, 0.5) is 0 Å². The summed E-state index contributed by atoms with van der Waals surface area (Å²) in [6.45, 7) is 8.78. The van der Waals surface area contributed by atoms with Crippen LogP contribution in [0.1, 0.15) is 18.2 Å². The Kier molecular flexibility index (Phi) is 5.11. The van der Waals surface area contributed by atoms with E-state index < -0.39 is 8.07 Å². The van der Waals surface area contributed by atoms with Gasteiger partial charge < -0.3 is 5.32 Å². The average molecular weight is 260 g/mol. The number of amides is 1. The lowest BCUT2D eigenvalue weighted by Gasteiger charge is -2.06. The molecule has 0 bridgehead atoms. The van der Waals surface area contributed by atoms with E-state index in [0.29, 0.717) is 6.54 Å². The lowest BCUT2D eigenvalue weighted by atomic mass is 10.1. The third-order valence-corrected chi connectivity index (χ3v) is 3.09. The summed E-state index contributed by atoms with van der Waals surface area (Å²) in [7, 11) is -1.38. The Labute approximate surface area is 110 Å². The standard InChI is InChI=1S/C14H20N2OSi/c1-12(17)15-10-7-13-6-5-9-16-14(13)8-11-18(2,3)4/h5-6,9H,7,10H2,1-4H3,(H,15,17). The van der Waals surface area contributed by atoms with Crippen molar-refractivity contribution >= 4 is 14.0 Å². The van der Waals surface area contributed by atoms with Crippen molar-refractivity contribution in [2.45, 2.75) is 33.0 Å². The minimum atomic E-state index is -1.38. The fraction of sp³-hybridized carbons (Fsp3) is 0.429. The molecular weight excluding hydrogens is 240 g/mol. The summed E-state index contributed by atoms with van der Waals surface area (Å²) in [6.07, 6.45) is 2.53. The van der Waals surface area contributed by atoms with Gasteiger partial charge in [0.15, 0.2) is 0 Å². The molecule has 18 heavy (non-hydrogen) atoms. The summed E-state index contributed by atoms with van der Waals surface area (Å²) >= 11 is 0. The van der Waals surface area contributed by atoms with Crippen molar-refractivity contribution in [3.8, 4) is 11.5 Å². The molecule has 0 aromatic carbocycles. The normalized spacial score (nSPS) is 10.4. The van der Waals surface area contributed by atoms with Crippen LogP contribution >= 0.6 is 0 Å². The minimum Gasteiger partial charge on any atom is -0.356 e. The number of carbonyl (C=O) groups is 1. The topological polar surface area (TPSA) is 42.0 Å². The van der Waals surface area contributed by atoms with E-state index in [1.54, 1.807) is 6.20 Å². The maximum absolute atomic E-state index is 10.8. The smallest absolute Gasteiger partial charge is 0.216 e. The van der Waals surface area contributed by atoms with E-state index in [2.05, 4.69) is 41.4 Å². The van der Waals surface area contributed by atoms with Gasteiger partial charge in [-0.15, -0.1) is 5.54 Å². The second kappa shape index (κ2) is 6.36. The number of carbonyl (C=O) groups excluding carboxylic acids is 1. The summed E-state index contributed by atoms with van der Waals surface area (Å²) in [5, 5.41) is 2.79. The molecule has 0 aliphatic heterocycles. The van der Waals surface area contributed by atoms with Crippen LogP contribution in [0.25, 0.3) is 0 Å². The maximum atomic E-state index is 10.8. The van der Waals surface area contributed by atoms with Crippen molar-refractivity contribution in [1.29, 1.82) is 0 Å². The second-order valence-electron chi connectivity index (χ2n) is 5.24. The van der Waals surface area contributed by atoms with Gasteiger partial charge in [-0.1, -0.05) is 31.6 Å². The first-order valence-electron chi connectivity index (χ1n) is 6.10. The number of aromatic nitrogens is 1. The summed E-state index contributed by atoms with van der Waals surface area (Å²) < 4.78 is 0. The molecule has 0 saturated carbocycles. The van der Waals surface area contributed by atoms with Gasteiger partial charge in [-0.2, -0.15) is 0 Å². The van der Waals surface area contributed by atoms with Crippen molar-refractivity contribution < 1.29 is 4.79 Å². The van der Waals surface area contributed by atoms with E-state index in [4.69, 9.17) is 0 Å². The second-order valence-corrected chi connectivity index (χ2v) is 9.99. The number of nitrogens with zero attached hydrogens (tertiary/aromatic N) is 1. The molecule has 0 unspecified atom stereocenters. The molecule has 0 atom stereocenters. The SMILES string of the molecule is CC(=O)NCCc1cccnc1C#C[Si](C)(C)C. The van der Waals surface area contributed by atoms with E-state index in [1.807, 2.05) is 12.1 Å². The number of pyridine rings is 1. The molecule has 0 radical (unpaired) electrons. The van der Waals surface area contributed by atoms with Crippen LogP contribution in [0.15, 0.2) is 18.3 Å². The van der Waals surface area contributed by atoms with E-state index in [-0.39, 0.29) is 5.91 Å². The first kappa shape index (κ1) is 14.5. The van der Waals surface area contributed by atoms with Crippen LogP contribution in [0.2, 0.25) is 19.6 Å². The molecule has 4 heteroatoms. The highest BCUT2D eigenvalue weighted by Crippen LogP contribution is 2.05. The lowest BCUT2D eigenvalue weighted by molar-refractivity contribution is -0.118. The highest BCUT2D eigenvalue weighted by atomic mass is 28.3. The van der Waals surface area contributed by atoms with Crippen LogP contribution < -0.4 is 5.32 Å². The zero-order valence-electron chi connectivity index (χ0n) is 11.5.